The highest BCUT2D eigenvalue weighted by Crippen LogP contribution is 2.64. The monoisotopic (exact) mass is 478 g/mol. The van der Waals surface area contributed by atoms with Gasteiger partial charge >= 0.3 is 53.6 Å². The Labute approximate surface area is 146 Å². The normalized spacial score (nSPS) is 16.2. The minimum Gasteiger partial charge on any atom is -0.481 e. The first-order chi connectivity index (χ1) is 12.2. The molecule has 0 aliphatic carbocycles. The number of halogens is 17. The van der Waals surface area contributed by atoms with E-state index in [1.165, 1.54) is 0 Å². The number of carboxylic acids is 1. The number of hydrogen-bond donors (Lipinski definition) is 1. The van der Waals surface area contributed by atoms with Crippen molar-refractivity contribution in [2.75, 3.05) is 0 Å². The van der Waals surface area contributed by atoms with Crippen molar-refractivity contribution in [2.24, 2.45) is 0 Å². The van der Waals surface area contributed by atoms with Crippen LogP contribution in [0, 0.1) is 0 Å². The van der Waals surface area contributed by atoms with Crippen molar-refractivity contribution in [1.29, 1.82) is 0 Å². The second-order valence-corrected chi connectivity index (χ2v) is 5.22. The van der Waals surface area contributed by atoms with Gasteiger partial charge < -0.3 is 5.11 Å². The molecular weight excluding hydrogens is 475 g/mol. The molecule has 0 aromatic heterocycles. The van der Waals surface area contributed by atoms with Crippen LogP contribution in [0.3, 0.4) is 0 Å². The maximum Gasteiger partial charge on any atom is 0.460 e. The lowest BCUT2D eigenvalue weighted by Crippen LogP contribution is -2.74. The van der Waals surface area contributed by atoms with Crippen LogP contribution < -0.4 is 0 Å². The zero-order valence-corrected chi connectivity index (χ0v) is 12.5. The molecule has 0 aliphatic heterocycles. The van der Waals surface area contributed by atoms with Crippen LogP contribution in [0.1, 0.15) is 6.42 Å². The van der Waals surface area contributed by atoms with E-state index in [2.05, 4.69) is 0 Å². The molecule has 0 heterocycles. The van der Waals surface area contributed by atoms with E-state index < -0.39 is 60.0 Å². The fourth-order valence-corrected chi connectivity index (χ4v) is 1.50. The summed E-state index contributed by atoms with van der Waals surface area (Å²) < 4.78 is 216. The van der Waals surface area contributed by atoms with Crippen molar-refractivity contribution in [2.45, 2.75) is 54.1 Å². The lowest BCUT2D eigenvalue weighted by atomic mass is 9.88. The van der Waals surface area contributed by atoms with Gasteiger partial charge in [-0.25, -0.2) is 0 Å². The molecule has 0 bridgehead atoms. The summed E-state index contributed by atoms with van der Waals surface area (Å²) in [7, 11) is 0. The van der Waals surface area contributed by atoms with Gasteiger partial charge in [-0.1, -0.05) is 0 Å². The van der Waals surface area contributed by atoms with Crippen LogP contribution in [0.25, 0.3) is 0 Å². The third kappa shape index (κ3) is 3.53. The predicted molar refractivity (Wildman–Crippen MR) is 52.9 cm³/mol. The fourth-order valence-electron chi connectivity index (χ4n) is 1.50. The molecule has 0 fully saturated rings. The van der Waals surface area contributed by atoms with Crippen molar-refractivity contribution in [3.8, 4) is 0 Å². The molecule has 0 saturated carbocycles. The summed E-state index contributed by atoms with van der Waals surface area (Å²) in [4.78, 5) is 9.90. The average Bonchev–Trinajstić information content (AvgIpc) is 2.43. The van der Waals surface area contributed by atoms with Crippen LogP contribution in [-0.4, -0.2) is 58.7 Å². The highest BCUT2D eigenvalue weighted by molar-refractivity contribution is 5.68. The average molecular weight is 478 g/mol. The lowest BCUT2D eigenvalue weighted by molar-refractivity contribution is -0.461. The van der Waals surface area contributed by atoms with Crippen LogP contribution in [-0.2, 0) is 4.79 Å². The number of rotatable bonds is 8. The van der Waals surface area contributed by atoms with E-state index in [0.29, 0.717) is 0 Å². The van der Waals surface area contributed by atoms with E-state index in [9.17, 15) is 79.4 Å². The van der Waals surface area contributed by atoms with Gasteiger partial charge in [-0.3, -0.25) is 4.79 Å². The molecule has 0 aromatic carbocycles. The molecule has 0 spiro atoms. The van der Waals surface area contributed by atoms with Crippen molar-refractivity contribution in [3.05, 3.63) is 0 Å². The van der Waals surface area contributed by atoms with Gasteiger partial charge in [0.15, 0.2) is 0 Å². The maximum absolute atomic E-state index is 13.1. The summed E-state index contributed by atoms with van der Waals surface area (Å²) >= 11 is 0. The molecule has 0 radical (unpaired) electrons. The molecule has 0 saturated heterocycles. The van der Waals surface area contributed by atoms with E-state index >= 15 is 0 Å². The summed E-state index contributed by atoms with van der Waals surface area (Å²) in [6, 6.07) is 0. The Morgan fingerprint density at radius 3 is 0.966 bits per heavy atom. The third-order valence-electron chi connectivity index (χ3n) is 3.16. The lowest BCUT2D eigenvalue weighted by Gasteiger charge is -2.42. The second kappa shape index (κ2) is 6.64. The topological polar surface area (TPSA) is 37.3 Å². The van der Waals surface area contributed by atoms with E-state index in [1.807, 2.05) is 0 Å². The van der Waals surface area contributed by atoms with Crippen LogP contribution in [0.15, 0.2) is 0 Å². The second-order valence-electron chi connectivity index (χ2n) is 5.22. The predicted octanol–water partition coefficient (Wildman–Crippen LogP) is 5.47. The molecule has 2 nitrogen and oxygen atoms in total. The van der Waals surface area contributed by atoms with Crippen molar-refractivity contribution < 1.29 is 84.5 Å². The highest BCUT2D eigenvalue weighted by atomic mass is 19.4. The third-order valence-corrected chi connectivity index (χ3v) is 3.16. The Balaban J connectivity index is 6.69. The summed E-state index contributed by atoms with van der Waals surface area (Å²) in [6.45, 7) is 0. The van der Waals surface area contributed by atoms with Crippen molar-refractivity contribution in [1.82, 2.24) is 0 Å². The van der Waals surface area contributed by atoms with Crippen molar-refractivity contribution >= 4 is 5.97 Å². The molecule has 0 atom stereocenters. The van der Waals surface area contributed by atoms with E-state index in [-0.39, 0.29) is 0 Å². The molecule has 0 aromatic rings. The highest BCUT2D eigenvalue weighted by Gasteiger charge is 2.95. The van der Waals surface area contributed by atoms with Gasteiger partial charge in [0.2, 0.25) is 0 Å². The SMILES string of the molecule is O=C(O)CC(F)(F)C(F)(F)C(F)(F)C(F)(F)C(F)(F)C(F)(F)C(F)(F)C(F)(F)F. The Bertz CT molecular complexity index is 631. The van der Waals surface area contributed by atoms with Crippen LogP contribution in [0.4, 0.5) is 74.6 Å². The van der Waals surface area contributed by atoms with Gasteiger partial charge in [-0.2, -0.15) is 74.6 Å². The zero-order chi connectivity index (χ0) is 24.3. The minimum atomic E-state index is -8.72. The molecule has 29 heavy (non-hydrogen) atoms. The van der Waals surface area contributed by atoms with Gasteiger partial charge in [-0.05, 0) is 0 Å². The Kier molecular flexibility index (Phi) is 6.25. The summed E-state index contributed by atoms with van der Waals surface area (Å²) in [5, 5.41) is 7.83. The van der Waals surface area contributed by atoms with Crippen LogP contribution >= 0.6 is 0 Å². The standard InChI is InChI=1S/C10H3F17O2/c11-3(12,1-2(28)29)4(13,14)5(15,16)6(17,18)7(19,20)8(21,22)9(23,24)10(25,26)27/h1H2,(H,28,29). The summed E-state index contributed by atoms with van der Waals surface area (Å²) in [5.74, 6) is -60.6. The van der Waals surface area contributed by atoms with Gasteiger partial charge in [0.05, 0.1) is 0 Å². The Morgan fingerprint density at radius 1 is 0.483 bits per heavy atom. The molecule has 0 rings (SSSR count). The van der Waals surface area contributed by atoms with Crippen LogP contribution in [0.5, 0.6) is 0 Å². The quantitative estimate of drug-likeness (QED) is 0.470. The van der Waals surface area contributed by atoms with Gasteiger partial charge in [0.1, 0.15) is 6.42 Å². The first-order valence-electron chi connectivity index (χ1n) is 6.10. The molecule has 1 N–H and O–H groups in total. The fraction of sp³-hybridized carbons (Fsp3) is 0.900. The molecule has 0 amide bonds. The van der Waals surface area contributed by atoms with Crippen LogP contribution in [0.2, 0.25) is 0 Å². The maximum atomic E-state index is 13.1. The molecule has 19 heteroatoms. The molecular formula is C10H3F17O2. The number of carboxylic acid groups (broad SMARTS) is 1. The van der Waals surface area contributed by atoms with E-state index in [1.54, 1.807) is 0 Å². The summed E-state index contributed by atoms with van der Waals surface area (Å²) in [6.07, 6.45) is -11.3. The minimum absolute atomic E-state index is 3.13. The number of hydrogen-bond acceptors (Lipinski definition) is 1. The Morgan fingerprint density at radius 2 is 0.724 bits per heavy atom. The van der Waals surface area contributed by atoms with Crippen molar-refractivity contribution in [3.63, 3.8) is 0 Å². The van der Waals surface area contributed by atoms with Gasteiger partial charge in [0, 0.05) is 0 Å². The summed E-state index contributed by atoms with van der Waals surface area (Å²) in [5.41, 5.74) is 0. The number of carbonyl (C=O) groups is 1. The molecule has 0 aliphatic rings. The smallest absolute Gasteiger partial charge is 0.460 e. The molecule has 0 unspecified atom stereocenters. The Hall–Kier alpha value is -1.72. The zero-order valence-electron chi connectivity index (χ0n) is 12.5. The number of aliphatic carboxylic acids is 1. The van der Waals surface area contributed by atoms with Gasteiger partial charge in [-0.15, -0.1) is 0 Å². The molecule has 174 valence electrons. The number of alkyl halides is 17. The van der Waals surface area contributed by atoms with E-state index in [4.69, 9.17) is 5.11 Å². The van der Waals surface area contributed by atoms with Gasteiger partial charge in [0.25, 0.3) is 0 Å². The van der Waals surface area contributed by atoms with E-state index in [0.717, 1.165) is 0 Å². The first kappa shape index (κ1) is 27.3. The first-order valence-corrected chi connectivity index (χ1v) is 6.10. The largest absolute Gasteiger partial charge is 0.481 e.